The van der Waals surface area contributed by atoms with Crippen molar-refractivity contribution in [2.75, 3.05) is 12.4 Å². The number of hydrogen-bond donors (Lipinski definition) is 1. The van der Waals surface area contributed by atoms with Gasteiger partial charge in [0.2, 0.25) is 5.95 Å². The van der Waals surface area contributed by atoms with Crippen LogP contribution in [0.5, 0.6) is 0 Å². The van der Waals surface area contributed by atoms with Gasteiger partial charge in [0, 0.05) is 19.8 Å². The molecule has 0 saturated carbocycles. The van der Waals surface area contributed by atoms with Crippen LogP contribution in [-0.4, -0.2) is 26.6 Å². The van der Waals surface area contributed by atoms with E-state index in [2.05, 4.69) is 27.2 Å². The molecule has 0 unspecified atom stereocenters. The third kappa shape index (κ3) is 1.74. The van der Waals surface area contributed by atoms with E-state index in [1.807, 2.05) is 35.6 Å². The van der Waals surface area contributed by atoms with Crippen LogP contribution in [0.2, 0.25) is 0 Å². The highest BCUT2D eigenvalue weighted by molar-refractivity contribution is 7.17. The fourth-order valence-electron chi connectivity index (χ4n) is 1.80. The third-order valence-electron chi connectivity index (χ3n) is 2.77. The molecule has 5 nitrogen and oxygen atoms in total. The quantitative estimate of drug-likeness (QED) is 0.785. The minimum Gasteiger partial charge on any atom is -0.357 e. The summed E-state index contributed by atoms with van der Waals surface area (Å²) in [6.45, 7) is 3.00. The van der Waals surface area contributed by atoms with Gasteiger partial charge >= 0.3 is 0 Å². The lowest BCUT2D eigenvalue weighted by molar-refractivity contribution is 0.762. The first-order valence-corrected chi connectivity index (χ1v) is 6.65. The third-order valence-corrected chi connectivity index (χ3v) is 3.68. The second-order valence-electron chi connectivity index (χ2n) is 3.87. The maximum Gasteiger partial charge on any atom is 0.223 e. The van der Waals surface area contributed by atoms with E-state index in [0.717, 1.165) is 28.1 Å². The first-order chi connectivity index (χ1) is 8.81. The van der Waals surface area contributed by atoms with E-state index in [9.17, 15) is 0 Å². The molecule has 0 aliphatic carbocycles. The van der Waals surface area contributed by atoms with Gasteiger partial charge in [-0.2, -0.15) is 0 Å². The fourth-order valence-corrected chi connectivity index (χ4v) is 2.63. The Labute approximate surface area is 109 Å². The minimum atomic E-state index is 0.627. The Morgan fingerprint density at radius 3 is 3.00 bits per heavy atom. The molecule has 0 spiro atoms. The van der Waals surface area contributed by atoms with Crippen LogP contribution < -0.4 is 5.32 Å². The summed E-state index contributed by atoms with van der Waals surface area (Å²) in [6, 6.07) is 2.00. The predicted molar refractivity (Wildman–Crippen MR) is 73.9 cm³/mol. The van der Waals surface area contributed by atoms with Crippen molar-refractivity contribution < 1.29 is 0 Å². The number of imidazole rings is 1. The highest BCUT2D eigenvalue weighted by atomic mass is 32.1. The van der Waals surface area contributed by atoms with Crippen LogP contribution in [-0.2, 0) is 6.54 Å². The minimum absolute atomic E-state index is 0.627. The molecule has 3 heterocycles. The lowest BCUT2D eigenvalue weighted by atomic mass is 10.3. The van der Waals surface area contributed by atoms with Crippen molar-refractivity contribution in [3.63, 3.8) is 0 Å². The highest BCUT2D eigenvalue weighted by Gasteiger charge is 2.12. The summed E-state index contributed by atoms with van der Waals surface area (Å²) < 4.78 is 3.12. The van der Waals surface area contributed by atoms with Gasteiger partial charge in [0.15, 0.2) is 0 Å². The summed E-state index contributed by atoms with van der Waals surface area (Å²) >= 11 is 1.64. The number of aromatic nitrogens is 4. The van der Waals surface area contributed by atoms with E-state index in [4.69, 9.17) is 0 Å². The Morgan fingerprint density at radius 2 is 2.28 bits per heavy atom. The zero-order valence-corrected chi connectivity index (χ0v) is 11.0. The standard InChI is InChI=1S/C12H13N5S/c1-3-17-6-9(14-7-17)10-11-8(4-5-18-11)15-12(13-2)16-10/h4-7H,3H2,1-2H3,(H,13,15,16). The molecule has 1 N–H and O–H groups in total. The predicted octanol–water partition coefficient (Wildman–Crippen LogP) is 2.62. The van der Waals surface area contributed by atoms with Crippen LogP contribution in [0.25, 0.3) is 21.6 Å². The molecule has 0 aliphatic heterocycles. The normalized spacial score (nSPS) is 11.0. The summed E-state index contributed by atoms with van der Waals surface area (Å²) in [5, 5.41) is 5.01. The Bertz CT molecular complexity index is 685. The van der Waals surface area contributed by atoms with E-state index in [1.54, 1.807) is 11.3 Å². The molecule has 0 radical (unpaired) electrons. The molecule has 0 bridgehead atoms. The van der Waals surface area contributed by atoms with Crippen molar-refractivity contribution in [3.8, 4) is 11.4 Å². The van der Waals surface area contributed by atoms with E-state index in [-0.39, 0.29) is 0 Å². The molecule has 0 aromatic carbocycles. The van der Waals surface area contributed by atoms with E-state index in [1.165, 1.54) is 0 Å². The van der Waals surface area contributed by atoms with Crippen molar-refractivity contribution in [1.82, 2.24) is 19.5 Å². The molecule has 0 atom stereocenters. The van der Waals surface area contributed by atoms with Crippen molar-refractivity contribution in [1.29, 1.82) is 0 Å². The molecule has 18 heavy (non-hydrogen) atoms. The summed E-state index contributed by atoms with van der Waals surface area (Å²) in [5.74, 6) is 0.627. The smallest absolute Gasteiger partial charge is 0.223 e. The second kappa shape index (κ2) is 4.38. The highest BCUT2D eigenvalue weighted by Crippen LogP contribution is 2.30. The molecule has 0 amide bonds. The number of thiophene rings is 1. The molecule has 0 aliphatic rings. The Morgan fingerprint density at radius 1 is 1.39 bits per heavy atom. The number of anilines is 1. The summed E-state index contributed by atoms with van der Waals surface area (Å²) in [7, 11) is 1.82. The first kappa shape index (κ1) is 11.2. The van der Waals surface area contributed by atoms with Gasteiger partial charge in [-0.25, -0.2) is 15.0 Å². The zero-order chi connectivity index (χ0) is 12.5. The Balaban J connectivity index is 2.22. The van der Waals surface area contributed by atoms with E-state index in [0.29, 0.717) is 5.95 Å². The van der Waals surface area contributed by atoms with Crippen LogP contribution >= 0.6 is 11.3 Å². The lowest BCUT2D eigenvalue weighted by Crippen LogP contribution is -1.97. The monoisotopic (exact) mass is 259 g/mol. The van der Waals surface area contributed by atoms with Gasteiger partial charge in [0.25, 0.3) is 0 Å². The van der Waals surface area contributed by atoms with E-state index < -0.39 is 0 Å². The SMILES string of the molecule is CCn1cnc(-c2nc(NC)nc3ccsc23)c1. The summed E-state index contributed by atoms with van der Waals surface area (Å²) in [5.41, 5.74) is 2.75. The molecular formula is C12H13N5S. The lowest BCUT2D eigenvalue weighted by Gasteiger charge is -2.02. The van der Waals surface area contributed by atoms with Gasteiger partial charge in [0.05, 0.1) is 16.5 Å². The number of aryl methyl sites for hydroxylation is 1. The average molecular weight is 259 g/mol. The van der Waals surface area contributed by atoms with Crippen molar-refractivity contribution in [2.24, 2.45) is 0 Å². The molecule has 3 aromatic heterocycles. The maximum absolute atomic E-state index is 4.52. The van der Waals surface area contributed by atoms with Crippen LogP contribution in [0, 0.1) is 0 Å². The van der Waals surface area contributed by atoms with Gasteiger partial charge in [-0.3, -0.25) is 0 Å². The van der Waals surface area contributed by atoms with Crippen molar-refractivity contribution in [3.05, 3.63) is 24.0 Å². The zero-order valence-electron chi connectivity index (χ0n) is 10.2. The number of fused-ring (bicyclic) bond motifs is 1. The number of hydrogen-bond acceptors (Lipinski definition) is 5. The summed E-state index contributed by atoms with van der Waals surface area (Å²) in [4.78, 5) is 13.4. The largest absolute Gasteiger partial charge is 0.357 e. The van der Waals surface area contributed by atoms with Crippen LogP contribution in [0.1, 0.15) is 6.92 Å². The Kier molecular flexibility index (Phi) is 2.71. The molecule has 3 aromatic rings. The molecule has 3 rings (SSSR count). The fraction of sp³-hybridized carbons (Fsp3) is 0.250. The van der Waals surface area contributed by atoms with Crippen LogP contribution in [0.4, 0.5) is 5.95 Å². The van der Waals surface area contributed by atoms with Gasteiger partial charge < -0.3 is 9.88 Å². The second-order valence-corrected chi connectivity index (χ2v) is 4.79. The average Bonchev–Trinajstić information content (AvgIpc) is 3.05. The van der Waals surface area contributed by atoms with E-state index >= 15 is 0 Å². The van der Waals surface area contributed by atoms with Crippen LogP contribution in [0.3, 0.4) is 0 Å². The molecular weight excluding hydrogens is 246 g/mol. The van der Waals surface area contributed by atoms with Crippen molar-refractivity contribution >= 4 is 27.5 Å². The number of nitrogens with zero attached hydrogens (tertiary/aromatic N) is 4. The van der Waals surface area contributed by atoms with Gasteiger partial charge in [-0.1, -0.05) is 0 Å². The van der Waals surface area contributed by atoms with Crippen LogP contribution in [0.15, 0.2) is 24.0 Å². The molecule has 0 fully saturated rings. The molecule has 0 saturated heterocycles. The summed E-state index contributed by atoms with van der Waals surface area (Å²) in [6.07, 6.45) is 3.84. The van der Waals surface area contributed by atoms with Crippen molar-refractivity contribution in [2.45, 2.75) is 13.5 Å². The number of rotatable bonds is 3. The maximum atomic E-state index is 4.52. The first-order valence-electron chi connectivity index (χ1n) is 5.77. The topological polar surface area (TPSA) is 55.6 Å². The van der Waals surface area contributed by atoms with Gasteiger partial charge in [-0.05, 0) is 18.4 Å². The Hall–Kier alpha value is -1.95. The molecule has 6 heteroatoms. The molecule has 92 valence electrons. The van der Waals surface area contributed by atoms with Gasteiger partial charge in [0.1, 0.15) is 11.4 Å². The number of nitrogens with one attached hydrogen (secondary N) is 1. The van der Waals surface area contributed by atoms with Gasteiger partial charge in [-0.15, -0.1) is 11.3 Å².